The normalized spacial score (nSPS) is 17.2. The Balaban J connectivity index is 2.15. The zero-order valence-electron chi connectivity index (χ0n) is 8.43. The molecule has 15 heavy (non-hydrogen) atoms. The van der Waals surface area contributed by atoms with Crippen molar-refractivity contribution in [3.8, 4) is 0 Å². The molecule has 1 saturated carbocycles. The number of aliphatic imine (C=N–C) groups is 1. The highest BCUT2D eigenvalue weighted by atomic mass is 14.8. The predicted molar refractivity (Wildman–Crippen MR) is 62.3 cm³/mol. The minimum atomic E-state index is 0.502. The first kappa shape index (κ1) is 9.71. The van der Waals surface area contributed by atoms with Crippen molar-refractivity contribution in [2.75, 3.05) is 5.73 Å². The fourth-order valence-electron chi connectivity index (χ4n) is 1.20. The molecule has 0 radical (unpaired) electrons. The molecule has 2 rings (SSSR count). The van der Waals surface area contributed by atoms with E-state index in [4.69, 9.17) is 11.5 Å². The van der Waals surface area contributed by atoms with Gasteiger partial charge in [0.25, 0.3) is 0 Å². The maximum Gasteiger partial charge on any atom is 0.123 e. The van der Waals surface area contributed by atoms with Gasteiger partial charge in [0.2, 0.25) is 0 Å². The molecular formula is C11H14N4. The highest BCUT2D eigenvalue weighted by molar-refractivity contribution is 6.09. The predicted octanol–water partition coefficient (Wildman–Crippen LogP) is 1.20. The Morgan fingerprint density at radius 3 is 2.80 bits per heavy atom. The van der Waals surface area contributed by atoms with Crippen molar-refractivity contribution < 1.29 is 0 Å². The van der Waals surface area contributed by atoms with Crippen LogP contribution in [0.2, 0.25) is 0 Å². The standard InChI is InChI=1S/C11H14N4/c12-5-9(7-14-10-2-3-10)8-1-4-11(13)15-6-8/h1,4-7,10H,2-3,12H2,(H2,13,15)/b9-5+,14-7?. The Bertz CT molecular complexity index is 388. The van der Waals surface area contributed by atoms with Crippen molar-refractivity contribution in [1.82, 2.24) is 4.98 Å². The first-order chi connectivity index (χ1) is 7.29. The second-order valence-electron chi connectivity index (χ2n) is 3.60. The molecule has 0 amide bonds. The minimum absolute atomic E-state index is 0.502. The number of allylic oxidation sites excluding steroid dienone is 1. The molecule has 78 valence electrons. The summed E-state index contributed by atoms with van der Waals surface area (Å²) in [5.41, 5.74) is 12.9. The Morgan fingerprint density at radius 1 is 1.47 bits per heavy atom. The van der Waals surface area contributed by atoms with Crippen LogP contribution in [-0.2, 0) is 0 Å². The molecule has 0 bridgehead atoms. The second kappa shape index (κ2) is 4.13. The fourth-order valence-corrected chi connectivity index (χ4v) is 1.20. The summed E-state index contributed by atoms with van der Waals surface area (Å²) < 4.78 is 0. The number of hydrogen-bond donors (Lipinski definition) is 2. The quantitative estimate of drug-likeness (QED) is 0.723. The Hall–Kier alpha value is -1.84. The van der Waals surface area contributed by atoms with Gasteiger partial charge in [-0.1, -0.05) is 0 Å². The average Bonchev–Trinajstić information content (AvgIpc) is 3.05. The van der Waals surface area contributed by atoms with Crippen molar-refractivity contribution in [3.05, 3.63) is 30.1 Å². The molecular weight excluding hydrogens is 188 g/mol. The zero-order valence-corrected chi connectivity index (χ0v) is 8.43. The van der Waals surface area contributed by atoms with Gasteiger partial charge in [0.1, 0.15) is 5.82 Å². The Kier molecular flexibility index (Phi) is 2.67. The van der Waals surface area contributed by atoms with Gasteiger partial charge in [0.15, 0.2) is 0 Å². The van der Waals surface area contributed by atoms with Gasteiger partial charge >= 0.3 is 0 Å². The largest absolute Gasteiger partial charge is 0.404 e. The molecule has 4 N–H and O–H groups in total. The van der Waals surface area contributed by atoms with Gasteiger partial charge < -0.3 is 11.5 Å². The van der Waals surface area contributed by atoms with Gasteiger partial charge in [-0.15, -0.1) is 0 Å². The molecule has 1 aromatic heterocycles. The van der Waals surface area contributed by atoms with E-state index in [1.165, 1.54) is 12.8 Å². The van der Waals surface area contributed by atoms with Gasteiger partial charge in [-0.2, -0.15) is 0 Å². The van der Waals surface area contributed by atoms with Crippen molar-refractivity contribution in [2.24, 2.45) is 10.7 Å². The van der Waals surface area contributed by atoms with E-state index in [0.29, 0.717) is 11.9 Å². The molecule has 0 unspecified atom stereocenters. The highest BCUT2D eigenvalue weighted by Gasteiger charge is 2.18. The topological polar surface area (TPSA) is 77.3 Å². The average molecular weight is 202 g/mol. The van der Waals surface area contributed by atoms with Gasteiger partial charge in [0, 0.05) is 29.7 Å². The molecule has 4 heteroatoms. The lowest BCUT2D eigenvalue weighted by Crippen LogP contribution is -1.95. The van der Waals surface area contributed by atoms with Gasteiger partial charge in [-0.05, 0) is 25.0 Å². The van der Waals surface area contributed by atoms with E-state index in [-0.39, 0.29) is 0 Å². The van der Waals surface area contributed by atoms with Crippen LogP contribution in [0.15, 0.2) is 29.5 Å². The van der Waals surface area contributed by atoms with E-state index in [0.717, 1.165) is 11.1 Å². The molecule has 0 aromatic carbocycles. The van der Waals surface area contributed by atoms with Crippen LogP contribution < -0.4 is 11.5 Å². The number of nitrogens with two attached hydrogens (primary N) is 2. The summed E-state index contributed by atoms with van der Waals surface area (Å²) in [4.78, 5) is 8.38. The summed E-state index contributed by atoms with van der Waals surface area (Å²) in [6.45, 7) is 0. The number of hydrogen-bond acceptors (Lipinski definition) is 4. The van der Waals surface area contributed by atoms with Crippen molar-refractivity contribution >= 4 is 17.6 Å². The maximum atomic E-state index is 5.54. The molecule has 0 saturated heterocycles. The van der Waals surface area contributed by atoms with Crippen molar-refractivity contribution in [2.45, 2.75) is 18.9 Å². The summed E-state index contributed by atoms with van der Waals surface area (Å²) in [7, 11) is 0. The van der Waals surface area contributed by atoms with E-state index < -0.39 is 0 Å². The van der Waals surface area contributed by atoms with Crippen LogP contribution in [0.25, 0.3) is 5.57 Å². The van der Waals surface area contributed by atoms with Crippen molar-refractivity contribution in [1.29, 1.82) is 0 Å². The lowest BCUT2D eigenvalue weighted by atomic mass is 10.1. The number of rotatable bonds is 3. The third kappa shape index (κ3) is 2.56. The number of aromatic nitrogens is 1. The van der Waals surface area contributed by atoms with E-state index in [2.05, 4.69) is 9.98 Å². The number of nitrogens with zero attached hydrogens (tertiary/aromatic N) is 2. The fraction of sp³-hybridized carbons (Fsp3) is 0.273. The van der Waals surface area contributed by atoms with Gasteiger partial charge in [-0.25, -0.2) is 4.98 Å². The summed E-state index contributed by atoms with van der Waals surface area (Å²) in [6.07, 6.45) is 7.43. The first-order valence-electron chi connectivity index (χ1n) is 4.96. The zero-order chi connectivity index (χ0) is 10.7. The number of nitrogen functional groups attached to an aromatic ring is 1. The van der Waals surface area contributed by atoms with Crippen LogP contribution in [0.1, 0.15) is 18.4 Å². The van der Waals surface area contributed by atoms with E-state index in [1.54, 1.807) is 18.5 Å². The summed E-state index contributed by atoms with van der Waals surface area (Å²) in [6, 6.07) is 4.14. The van der Waals surface area contributed by atoms with Crippen molar-refractivity contribution in [3.63, 3.8) is 0 Å². The smallest absolute Gasteiger partial charge is 0.123 e. The van der Waals surface area contributed by atoms with E-state index in [9.17, 15) is 0 Å². The highest BCUT2D eigenvalue weighted by Crippen LogP contribution is 2.23. The maximum absolute atomic E-state index is 5.54. The Morgan fingerprint density at radius 2 is 2.27 bits per heavy atom. The molecule has 0 spiro atoms. The third-order valence-corrected chi connectivity index (χ3v) is 2.27. The monoisotopic (exact) mass is 202 g/mol. The Labute approximate surface area is 88.7 Å². The van der Waals surface area contributed by atoms with Crippen LogP contribution in [0, 0.1) is 0 Å². The summed E-state index contributed by atoms with van der Waals surface area (Å²) in [5.74, 6) is 0.509. The van der Waals surface area contributed by atoms with E-state index in [1.807, 2.05) is 12.3 Å². The molecule has 1 heterocycles. The van der Waals surface area contributed by atoms with Crippen LogP contribution in [-0.4, -0.2) is 17.2 Å². The van der Waals surface area contributed by atoms with Crippen LogP contribution in [0.3, 0.4) is 0 Å². The van der Waals surface area contributed by atoms with Crippen LogP contribution in [0.4, 0.5) is 5.82 Å². The second-order valence-corrected chi connectivity index (χ2v) is 3.60. The number of pyridine rings is 1. The molecule has 1 aromatic rings. The van der Waals surface area contributed by atoms with Gasteiger partial charge in [0.05, 0.1) is 6.04 Å². The minimum Gasteiger partial charge on any atom is -0.404 e. The van der Waals surface area contributed by atoms with Crippen LogP contribution >= 0.6 is 0 Å². The molecule has 0 atom stereocenters. The molecule has 1 aliphatic carbocycles. The lowest BCUT2D eigenvalue weighted by molar-refractivity contribution is 1.08. The molecule has 0 aliphatic heterocycles. The lowest BCUT2D eigenvalue weighted by Gasteiger charge is -2.00. The molecule has 4 nitrogen and oxygen atoms in total. The third-order valence-electron chi connectivity index (χ3n) is 2.27. The van der Waals surface area contributed by atoms with Gasteiger partial charge in [-0.3, -0.25) is 4.99 Å². The number of anilines is 1. The molecule has 1 aliphatic rings. The van der Waals surface area contributed by atoms with Crippen LogP contribution in [0.5, 0.6) is 0 Å². The molecule has 1 fully saturated rings. The first-order valence-corrected chi connectivity index (χ1v) is 4.96. The van der Waals surface area contributed by atoms with E-state index >= 15 is 0 Å². The SMILES string of the molecule is N/C=C(\C=NC1CC1)c1ccc(N)nc1. The summed E-state index contributed by atoms with van der Waals surface area (Å²) >= 11 is 0. The summed E-state index contributed by atoms with van der Waals surface area (Å²) in [5, 5.41) is 0.